The Morgan fingerprint density at radius 3 is 2.13 bits per heavy atom. The van der Waals surface area contributed by atoms with Crippen molar-refractivity contribution in [2.45, 2.75) is 0 Å². The molecule has 5 nitrogen and oxygen atoms in total. The lowest BCUT2D eigenvalue weighted by Gasteiger charge is -2.33. The zero-order chi connectivity index (χ0) is 12.2. The summed E-state index contributed by atoms with van der Waals surface area (Å²) in [6, 6.07) is 0. The number of nitrogens with zero attached hydrogens (tertiary/aromatic N) is 4. The maximum atomic E-state index is 7.10. The molecule has 14 heteroatoms. The fourth-order valence-corrected chi connectivity index (χ4v) is 12.4. The molecule has 0 aromatic rings. The first-order valence-corrected chi connectivity index (χ1v) is 11.2. The maximum Gasteiger partial charge on any atom is 0.231 e. The lowest BCUT2D eigenvalue weighted by molar-refractivity contribution is 1.06. The van der Waals surface area contributed by atoms with Gasteiger partial charge in [-0.2, -0.15) is 5.26 Å². The maximum absolute atomic E-state index is 7.10. The molecule has 0 saturated heterocycles. The fourth-order valence-electron chi connectivity index (χ4n) is 0.365. The largest absolute Gasteiger partial charge is 0.337 e. The Balaban J connectivity index is 0.000000583. The fraction of sp³-hybridized carbons (Fsp3) is 0. The van der Waals surface area contributed by atoms with E-state index in [0.717, 1.165) is 7.92 Å². The molecule has 1 aliphatic rings. The number of hydrogen-bond acceptors (Lipinski definition) is 5. The van der Waals surface area contributed by atoms with E-state index in [-0.39, 0.29) is 0 Å². The molecular weight excluding hydrogens is 388 g/mol. The summed E-state index contributed by atoms with van der Waals surface area (Å²) < 4.78 is 5.98. The number of nitrogens with two attached hydrogens (primary N) is 1. The van der Waals surface area contributed by atoms with Crippen molar-refractivity contribution in [3.63, 3.8) is 0 Å². The van der Waals surface area contributed by atoms with Gasteiger partial charge < -0.3 is 5.73 Å². The van der Waals surface area contributed by atoms with E-state index in [1.165, 1.54) is 6.19 Å². The second kappa shape index (κ2) is 7.47. The van der Waals surface area contributed by atoms with Gasteiger partial charge in [-0.05, 0) is 57.3 Å². The van der Waals surface area contributed by atoms with Crippen molar-refractivity contribution in [2.75, 3.05) is 0 Å². The summed E-state index contributed by atoms with van der Waals surface area (Å²) in [5.41, 5.74) is 4.15. The van der Waals surface area contributed by atoms with Gasteiger partial charge in [-0.25, -0.2) is 4.52 Å². The van der Waals surface area contributed by atoms with Crippen LogP contribution in [0, 0.1) is 11.5 Å². The molecule has 2 atom stereocenters. The Morgan fingerprint density at radius 1 is 1.33 bits per heavy atom. The van der Waals surface area contributed by atoms with Crippen LogP contribution in [0.5, 0.6) is 0 Å². The van der Waals surface area contributed by atoms with Crippen molar-refractivity contribution in [1.82, 2.24) is 7.92 Å². The summed E-state index contributed by atoms with van der Waals surface area (Å²) in [5, 5.41) is 7.10. The van der Waals surface area contributed by atoms with Crippen molar-refractivity contribution in [3.05, 3.63) is 0 Å². The van der Waals surface area contributed by atoms with Crippen LogP contribution in [0.25, 0.3) is 0 Å². The Hall–Kier alpha value is 2.04. The standard InChI is InChI=1S/CH2N2.Cl6N3P3/c2-1-3;1-8-10(3)7-12(5,6)9(2)11(8)4/h2H2;. The van der Waals surface area contributed by atoms with Gasteiger partial charge in [0.05, 0.1) is 0 Å². The Labute approximate surface area is 118 Å². The molecule has 0 fully saturated rings. The molecule has 2 unspecified atom stereocenters. The SMILES string of the molecule is ClN1P(Cl)N=P(Cl)(Cl)N(Cl)P1Cl.N#CN. The van der Waals surface area contributed by atoms with Gasteiger partial charge >= 0.3 is 0 Å². The first-order valence-electron chi connectivity index (χ1n) is 2.73. The minimum absolute atomic E-state index is 1.03. The third-order valence-corrected chi connectivity index (χ3v) is 14.5. The summed E-state index contributed by atoms with van der Waals surface area (Å²) >= 11 is 34.3. The van der Waals surface area contributed by atoms with Crippen molar-refractivity contribution in [1.29, 1.82) is 5.26 Å². The lowest BCUT2D eigenvalue weighted by atomic mass is 11.5. The molecule has 0 aliphatic carbocycles. The zero-order valence-electron chi connectivity index (χ0n) is 6.48. The van der Waals surface area contributed by atoms with Crippen LogP contribution in [-0.4, -0.2) is 7.92 Å². The minimum Gasteiger partial charge on any atom is -0.337 e. The van der Waals surface area contributed by atoms with Gasteiger partial charge in [0, 0.05) is 0 Å². The monoisotopic (exact) mass is 387 g/mol. The van der Waals surface area contributed by atoms with Crippen LogP contribution in [-0.2, 0) is 0 Å². The summed E-state index contributed by atoms with van der Waals surface area (Å²) in [6.45, 7) is 0. The van der Waals surface area contributed by atoms with Crippen molar-refractivity contribution >= 4 is 89.6 Å². The average molecular weight is 390 g/mol. The molecule has 0 spiro atoms. The zero-order valence-corrected chi connectivity index (χ0v) is 13.7. The third kappa shape index (κ3) is 5.04. The Morgan fingerprint density at radius 2 is 1.73 bits per heavy atom. The van der Waals surface area contributed by atoms with Gasteiger partial charge in [-0.15, -0.1) is 7.92 Å². The van der Waals surface area contributed by atoms with E-state index in [9.17, 15) is 0 Å². The van der Waals surface area contributed by atoms with Crippen LogP contribution in [0.4, 0.5) is 0 Å². The van der Waals surface area contributed by atoms with E-state index in [0.29, 0.717) is 0 Å². The highest BCUT2D eigenvalue weighted by molar-refractivity contribution is 8.18. The predicted molar refractivity (Wildman–Crippen MR) is 71.8 cm³/mol. The first-order chi connectivity index (χ1) is 6.77. The minimum atomic E-state index is -2.74. The summed E-state index contributed by atoms with van der Waals surface area (Å²) in [7, 11) is -2.94. The molecule has 0 aromatic carbocycles. The molecule has 1 heterocycles. The molecule has 88 valence electrons. The first kappa shape index (κ1) is 17.0. The van der Waals surface area contributed by atoms with Crippen LogP contribution >= 0.6 is 89.6 Å². The number of rotatable bonds is 0. The van der Waals surface area contributed by atoms with Gasteiger partial charge in [-0.1, -0.05) is 11.2 Å². The second-order valence-electron chi connectivity index (χ2n) is 1.64. The molecule has 1 rings (SSSR count). The Kier molecular flexibility index (Phi) is 8.49. The smallest absolute Gasteiger partial charge is 0.231 e. The number of hydrogen-bond donors (Lipinski definition) is 1. The van der Waals surface area contributed by atoms with E-state index in [1.807, 2.05) is 0 Å². The van der Waals surface area contributed by atoms with Crippen LogP contribution in [0.15, 0.2) is 4.52 Å². The third-order valence-electron chi connectivity index (χ3n) is 0.789. The quantitative estimate of drug-likeness (QED) is 0.250. The van der Waals surface area contributed by atoms with E-state index >= 15 is 0 Å². The van der Waals surface area contributed by atoms with Gasteiger partial charge in [0.1, 0.15) is 0 Å². The van der Waals surface area contributed by atoms with Crippen LogP contribution in [0.1, 0.15) is 0 Å². The highest BCUT2D eigenvalue weighted by atomic mass is 35.9. The highest BCUT2D eigenvalue weighted by Crippen LogP contribution is 2.85. The molecule has 15 heavy (non-hydrogen) atoms. The van der Waals surface area contributed by atoms with Gasteiger partial charge in [0.15, 0.2) is 13.8 Å². The molecule has 0 amide bonds. The van der Waals surface area contributed by atoms with Gasteiger partial charge in [0.2, 0.25) is 13.5 Å². The molecular formula is CH2Cl6N5P3. The summed E-state index contributed by atoms with van der Waals surface area (Å²) in [4.78, 5) is 0. The second-order valence-corrected chi connectivity index (χ2v) is 13.2. The van der Waals surface area contributed by atoms with Crippen LogP contribution in [0.3, 0.4) is 0 Å². The number of halogens is 6. The molecule has 2 N–H and O–H groups in total. The molecule has 0 aromatic heterocycles. The van der Waals surface area contributed by atoms with E-state index in [1.54, 1.807) is 0 Å². The van der Waals surface area contributed by atoms with Crippen LogP contribution < -0.4 is 5.73 Å². The van der Waals surface area contributed by atoms with Crippen molar-refractivity contribution in [3.8, 4) is 6.19 Å². The van der Waals surface area contributed by atoms with Gasteiger partial charge in [-0.3, -0.25) is 0 Å². The van der Waals surface area contributed by atoms with E-state index in [4.69, 9.17) is 73.8 Å². The Bertz CT molecular complexity index is 298. The molecule has 0 radical (unpaired) electrons. The number of nitriles is 1. The predicted octanol–water partition coefficient (Wildman–Crippen LogP) is 5.69. The van der Waals surface area contributed by atoms with Crippen molar-refractivity contribution < 1.29 is 0 Å². The topological polar surface area (TPSA) is 68.6 Å². The normalized spacial score (nSPS) is 30.7. The lowest BCUT2D eigenvalue weighted by Crippen LogP contribution is -2.05. The summed E-state index contributed by atoms with van der Waals surface area (Å²) in [5.74, 6) is -2.74. The van der Waals surface area contributed by atoms with Crippen molar-refractivity contribution in [2.24, 2.45) is 10.2 Å². The molecule has 0 saturated carbocycles. The van der Waals surface area contributed by atoms with Crippen LogP contribution in [0.2, 0.25) is 0 Å². The summed E-state index contributed by atoms with van der Waals surface area (Å²) in [6.07, 6.45) is 1.25. The average Bonchev–Trinajstić information content (AvgIpc) is 2.13. The molecule has 1 aliphatic heterocycles. The van der Waals surface area contributed by atoms with E-state index in [2.05, 4.69) is 10.2 Å². The molecule has 0 bridgehead atoms. The highest BCUT2D eigenvalue weighted by Gasteiger charge is 2.41. The van der Waals surface area contributed by atoms with E-state index < -0.39 is 21.1 Å². The van der Waals surface area contributed by atoms with Gasteiger partial charge in [0.25, 0.3) is 0 Å².